The van der Waals surface area contributed by atoms with Crippen LogP contribution in [0.4, 0.5) is 13.2 Å². The van der Waals surface area contributed by atoms with Gasteiger partial charge in [0.25, 0.3) is 0 Å². The summed E-state index contributed by atoms with van der Waals surface area (Å²) in [5, 5.41) is 0. The SMILES string of the molecule is C.C.C.C.C.CC[Si](C)(C)C[SiH](C)C.O=S(=O)(NCC1CC2CCC1C2)C(F)(F)F. The van der Waals surface area contributed by atoms with Gasteiger partial charge in [-0.2, -0.15) is 13.2 Å². The third kappa shape index (κ3) is 12.9. The highest BCUT2D eigenvalue weighted by Gasteiger charge is 2.47. The summed E-state index contributed by atoms with van der Waals surface area (Å²) in [6.07, 6.45) is 4.10. The molecule has 0 aromatic heterocycles. The molecule has 0 aliphatic heterocycles. The van der Waals surface area contributed by atoms with Crippen molar-refractivity contribution in [2.24, 2.45) is 17.8 Å². The molecule has 0 aromatic carbocycles. The van der Waals surface area contributed by atoms with Crippen LogP contribution in [-0.4, -0.2) is 37.3 Å². The Hall–Kier alpha value is 0.134. The fraction of sp³-hybridized carbons (Fsp3) is 1.00. The van der Waals surface area contributed by atoms with Gasteiger partial charge in [-0.15, -0.1) is 0 Å². The molecule has 0 amide bonds. The minimum atomic E-state index is -5.19. The number of nitrogens with one attached hydrogen (secondary N) is 1. The Balaban J connectivity index is -0.000000133. The van der Waals surface area contributed by atoms with Gasteiger partial charge in [-0.3, -0.25) is 0 Å². The molecule has 2 bridgehead atoms. The second-order valence-corrected chi connectivity index (χ2v) is 20.1. The van der Waals surface area contributed by atoms with E-state index < -0.39 is 23.6 Å². The maximum atomic E-state index is 12.0. The minimum Gasteiger partial charge on any atom is -0.207 e. The van der Waals surface area contributed by atoms with Crippen molar-refractivity contribution >= 4 is 26.9 Å². The summed E-state index contributed by atoms with van der Waals surface area (Å²) < 4.78 is 59.4. The molecule has 0 radical (unpaired) electrons. The standard InChI is InChI=1S/C9H14F3NO2S.C7H20Si2.5CH4/c10-9(11,12)16(14,15)13-5-8-4-6-1-2-7(8)3-6;1-6-9(4,5)7-8(2)3;;;;;/h6-8,13H,1-5H2;8H,6-7H2,1-5H3;5*1H4. The first-order valence-electron chi connectivity index (χ1n) is 9.33. The Kier molecular flexibility index (Phi) is 21.4. The van der Waals surface area contributed by atoms with E-state index in [1.54, 1.807) is 10.4 Å². The average molecular weight is 498 g/mol. The highest BCUT2D eigenvalue weighted by molar-refractivity contribution is 7.90. The second-order valence-electron chi connectivity index (χ2n) is 8.85. The molecule has 1 N–H and O–H groups in total. The van der Waals surface area contributed by atoms with Crippen LogP contribution in [0.5, 0.6) is 0 Å². The molecule has 2 rings (SSSR count). The van der Waals surface area contributed by atoms with Crippen molar-refractivity contribution in [1.29, 1.82) is 0 Å². The van der Waals surface area contributed by atoms with E-state index in [2.05, 4.69) is 33.1 Å². The van der Waals surface area contributed by atoms with Crippen molar-refractivity contribution in [1.82, 2.24) is 4.72 Å². The summed E-state index contributed by atoms with van der Waals surface area (Å²) in [6.45, 7) is 12.2. The molecule has 0 heterocycles. The first-order chi connectivity index (χ1) is 11.3. The molecule has 190 valence electrons. The zero-order valence-electron chi connectivity index (χ0n) is 16.1. The smallest absolute Gasteiger partial charge is 0.207 e. The van der Waals surface area contributed by atoms with Crippen LogP contribution in [0.25, 0.3) is 0 Å². The number of fused-ring (bicyclic) bond motifs is 2. The molecule has 2 saturated carbocycles. The van der Waals surface area contributed by atoms with Gasteiger partial charge < -0.3 is 0 Å². The van der Waals surface area contributed by atoms with Crippen LogP contribution in [0.2, 0.25) is 37.9 Å². The Morgan fingerprint density at radius 1 is 1.00 bits per heavy atom. The van der Waals surface area contributed by atoms with Gasteiger partial charge in [-0.05, 0) is 37.0 Å². The number of alkyl halides is 3. The van der Waals surface area contributed by atoms with E-state index in [0.717, 1.165) is 25.7 Å². The van der Waals surface area contributed by atoms with Crippen LogP contribution >= 0.6 is 0 Å². The van der Waals surface area contributed by atoms with Crippen LogP contribution in [0.1, 0.15) is 69.7 Å². The largest absolute Gasteiger partial charge is 0.511 e. The predicted molar refractivity (Wildman–Crippen MR) is 137 cm³/mol. The van der Waals surface area contributed by atoms with Gasteiger partial charge in [-0.1, -0.05) is 88.4 Å². The van der Waals surface area contributed by atoms with Crippen molar-refractivity contribution < 1.29 is 21.6 Å². The van der Waals surface area contributed by atoms with E-state index in [1.165, 1.54) is 6.04 Å². The third-order valence-electron chi connectivity index (χ3n) is 5.64. The number of rotatable bonds is 6. The first kappa shape index (κ1) is 40.5. The summed E-state index contributed by atoms with van der Waals surface area (Å²) >= 11 is 0. The molecule has 0 saturated heterocycles. The van der Waals surface area contributed by atoms with Crippen LogP contribution in [0, 0.1) is 17.8 Å². The first-order valence-corrected chi connectivity index (χ1v) is 17.4. The maximum Gasteiger partial charge on any atom is 0.511 e. The van der Waals surface area contributed by atoms with E-state index in [9.17, 15) is 21.6 Å². The Bertz CT molecular complexity index is 527. The second kappa shape index (κ2) is 15.9. The summed E-state index contributed by atoms with van der Waals surface area (Å²) in [4.78, 5) is 0. The van der Waals surface area contributed by atoms with Gasteiger partial charge in [0.1, 0.15) is 0 Å². The maximum absolute atomic E-state index is 12.0. The van der Waals surface area contributed by atoms with E-state index in [-0.39, 0.29) is 58.4 Å². The topological polar surface area (TPSA) is 46.2 Å². The van der Waals surface area contributed by atoms with E-state index in [0.29, 0.717) is 11.8 Å². The fourth-order valence-corrected chi connectivity index (χ4v) is 14.8. The lowest BCUT2D eigenvalue weighted by molar-refractivity contribution is -0.0449. The molecule has 0 spiro atoms. The van der Waals surface area contributed by atoms with Gasteiger partial charge in [-0.25, -0.2) is 13.1 Å². The van der Waals surface area contributed by atoms with E-state index >= 15 is 0 Å². The molecule has 3 unspecified atom stereocenters. The van der Waals surface area contributed by atoms with Crippen LogP contribution in [0.3, 0.4) is 0 Å². The zero-order valence-corrected chi connectivity index (χ0v) is 19.1. The molecule has 2 aliphatic rings. The quantitative estimate of drug-likeness (QED) is 0.381. The molecule has 2 aliphatic carbocycles. The fourth-order valence-electron chi connectivity index (χ4n) is 4.17. The number of hydrogen-bond acceptors (Lipinski definition) is 2. The number of hydrogen-bond donors (Lipinski definition) is 1. The summed E-state index contributed by atoms with van der Waals surface area (Å²) in [5.41, 5.74) is -3.56. The predicted octanol–water partition coefficient (Wildman–Crippen LogP) is 7.78. The Morgan fingerprint density at radius 3 is 1.77 bits per heavy atom. The lowest BCUT2D eigenvalue weighted by Crippen LogP contribution is -2.39. The van der Waals surface area contributed by atoms with Crippen LogP contribution in [0.15, 0.2) is 0 Å². The number of sulfonamides is 1. The molecule has 3 nitrogen and oxygen atoms in total. The van der Waals surface area contributed by atoms with Gasteiger partial charge >= 0.3 is 15.5 Å². The normalized spacial score (nSPS) is 22.2. The third-order valence-corrected chi connectivity index (χ3v) is 16.4. The molecular weight excluding hydrogens is 443 g/mol. The van der Waals surface area contributed by atoms with E-state index in [4.69, 9.17) is 0 Å². The summed E-state index contributed by atoms with van der Waals surface area (Å²) in [7, 11) is -6.08. The zero-order chi connectivity index (χ0) is 19.5. The monoisotopic (exact) mass is 497 g/mol. The Morgan fingerprint density at radius 2 is 1.50 bits per heavy atom. The van der Waals surface area contributed by atoms with Crippen molar-refractivity contribution in [2.75, 3.05) is 6.54 Å². The van der Waals surface area contributed by atoms with Crippen molar-refractivity contribution in [3.8, 4) is 0 Å². The van der Waals surface area contributed by atoms with Gasteiger partial charge in [0, 0.05) is 23.4 Å². The molecule has 0 aromatic rings. The lowest BCUT2D eigenvalue weighted by atomic mass is 9.89. The van der Waals surface area contributed by atoms with Crippen molar-refractivity contribution in [3.05, 3.63) is 0 Å². The minimum absolute atomic E-state index is 0. The van der Waals surface area contributed by atoms with Gasteiger partial charge in [0.15, 0.2) is 0 Å². The van der Waals surface area contributed by atoms with Crippen molar-refractivity contribution in [3.63, 3.8) is 0 Å². The van der Waals surface area contributed by atoms with Crippen molar-refractivity contribution in [2.45, 2.75) is 113 Å². The molecule has 2 fully saturated rings. The lowest BCUT2D eigenvalue weighted by Gasteiger charge is -2.22. The van der Waals surface area contributed by atoms with Gasteiger partial charge in [0.05, 0.1) is 0 Å². The van der Waals surface area contributed by atoms with Crippen LogP contribution < -0.4 is 4.72 Å². The highest BCUT2D eigenvalue weighted by atomic mass is 32.2. The summed E-state index contributed by atoms with van der Waals surface area (Å²) in [6, 6.07) is 1.47. The van der Waals surface area contributed by atoms with Gasteiger partial charge in [0.2, 0.25) is 0 Å². The molecule has 3 atom stereocenters. The van der Waals surface area contributed by atoms with Crippen LogP contribution in [-0.2, 0) is 10.0 Å². The number of halogens is 3. The molecule has 9 heteroatoms. The van der Waals surface area contributed by atoms with E-state index in [1.807, 2.05) is 0 Å². The summed E-state index contributed by atoms with van der Waals surface area (Å²) in [5.74, 6) is 1.11. The molecular formula is C21H54F3NO2SSi2. The highest BCUT2D eigenvalue weighted by Crippen LogP contribution is 2.48. The average Bonchev–Trinajstić information content (AvgIpc) is 3.06. The molecule has 30 heavy (non-hydrogen) atoms. The Labute approximate surface area is 190 Å².